The van der Waals surface area contributed by atoms with Crippen LogP contribution in [0.1, 0.15) is 20.8 Å². The number of thiophene rings is 1. The van der Waals surface area contributed by atoms with Gasteiger partial charge in [0.2, 0.25) is 10.0 Å². The fourth-order valence-electron chi connectivity index (χ4n) is 3.52. The van der Waals surface area contributed by atoms with Crippen LogP contribution in [0.4, 0.5) is 4.39 Å². The molecule has 0 aliphatic carbocycles. The Balaban J connectivity index is 1.49. The van der Waals surface area contributed by atoms with E-state index in [4.69, 9.17) is 0 Å². The molecule has 2 aromatic carbocycles. The van der Waals surface area contributed by atoms with E-state index in [1.807, 2.05) is 19.1 Å². The van der Waals surface area contributed by atoms with Gasteiger partial charge in [-0.05, 0) is 54.6 Å². The second kappa shape index (κ2) is 7.51. The summed E-state index contributed by atoms with van der Waals surface area (Å²) in [5.74, 6) is -0.473. The van der Waals surface area contributed by atoms with Crippen LogP contribution >= 0.6 is 11.3 Å². The van der Waals surface area contributed by atoms with E-state index in [1.54, 1.807) is 30.0 Å². The van der Waals surface area contributed by atoms with Gasteiger partial charge in [-0.2, -0.15) is 4.31 Å². The number of halogens is 1. The van der Waals surface area contributed by atoms with E-state index in [9.17, 15) is 17.6 Å². The van der Waals surface area contributed by atoms with E-state index < -0.39 is 10.0 Å². The molecule has 8 heteroatoms. The lowest BCUT2D eigenvalue weighted by atomic mass is 10.2. The average molecular weight is 433 g/mol. The topological polar surface area (TPSA) is 57.7 Å². The van der Waals surface area contributed by atoms with E-state index in [1.165, 1.54) is 27.8 Å². The highest BCUT2D eigenvalue weighted by Gasteiger charge is 2.31. The second-order valence-corrected chi connectivity index (χ2v) is 10.2. The van der Waals surface area contributed by atoms with Gasteiger partial charge in [-0.15, -0.1) is 11.3 Å². The van der Waals surface area contributed by atoms with Crippen LogP contribution in [0.15, 0.2) is 47.4 Å². The summed E-state index contributed by atoms with van der Waals surface area (Å²) in [7, 11) is -3.60. The predicted octanol–water partition coefficient (Wildman–Crippen LogP) is 3.80. The van der Waals surface area contributed by atoms with Crippen LogP contribution in [0.5, 0.6) is 0 Å². The van der Waals surface area contributed by atoms with E-state index >= 15 is 0 Å². The first-order valence-corrected chi connectivity index (χ1v) is 11.6. The Bertz CT molecular complexity index is 1200. The molecule has 1 aromatic heterocycles. The van der Waals surface area contributed by atoms with Crippen molar-refractivity contribution >= 4 is 37.4 Å². The highest BCUT2D eigenvalue weighted by atomic mass is 32.2. The molecule has 1 aliphatic rings. The SMILES string of the molecule is Cc1ccc(C)c(S(=O)(=O)N2CCN(C(=O)c3cc4ccc(F)cc4s3)CC2)c1. The van der Waals surface area contributed by atoms with Gasteiger partial charge in [-0.25, -0.2) is 12.8 Å². The van der Waals surface area contributed by atoms with E-state index in [-0.39, 0.29) is 24.8 Å². The van der Waals surface area contributed by atoms with Crippen LogP contribution in [-0.2, 0) is 10.0 Å². The minimum absolute atomic E-state index is 0.143. The molecule has 152 valence electrons. The lowest BCUT2D eigenvalue weighted by Gasteiger charge is -2.34. The number of carbonyl (C=O) groups is 1. The number of fused-ring (bicyclic) bond motifs is 1. The van der Waals surface area contributed by atoms with Crippen molar-refractivity contribution in [1.82, 2.24) is 9.21 Å². The Labute approximate surface area is 173 Å². The minimum atomic E-state index is -3.60. The molecule has 0 saturated carbocycles. The van der Waals surface area contributed by atoms with Gasteiger partial charge >= 0.3 is 0 Å². The van der Waals surface area contributed by atoms with Gasteiger partial charge in [0.25, 0.3) is 5.91 Å². The van der Waals surface area contributed by atoms with Crippen LogP contribution < -0.4 is 0 Å². The molecule has 0 N–H and O–H groups in total. The van der Waals surface area contributed by atoms with Crippen molar-refractivity contribution in [3.63, 3.8) is 0 Å². The van der Waals surface area contributed by atoms with Crippen LogP contribution in [0.2, 0.25) is 0 Å². The number of aryl methyl sites for hydroxylation is 2. The maximum absolute atomic E-state index is 13.4. The van der Waals surface area contributed by atoms with Crippen molar-refractivity contribution in [2.24, 2.45) is 0 Å². The molecule has 4 rings (SSSR count). The predicted molar refractivity (Wildman–Crippen MR) is 112 cm³/mol. The summed E-state index contributed by atoms with van der Waals surface area (Å²) in [4.78, 5) is 15.4. The molecular formula is C21H21FN2O3S2. The van der Waals surface area contributed by atoms with E-state index in [0.717, 1.165) is 15.6 Å². The third-order valence-corrected chi connectivity index (χ3v) is 8.31. The highest BCUT2D eigenvalue weighted by Crippen LogP contribution is 2.28. The van der Waals surface area contributed by atoms with Gasteiger partial charge in [0.15, 0.2) is 0 Å². The maximum Gasteiger partial charge on any atom is 0.264 e. The Morgan fingerprint density at radius 1 is 1.00 bits per heavy atom. The monoisotopic (exact) mass is 432 g/mol. The number of nitrogens with zero attached hydrogens (tertiary/aromatic N) is 2. The molecule has 0 bridgehead atoms. The zero-order valence-corrected chi connectivity index (χ0v) is 17.8. The Kier molecular flexibility index (Phi) is 5.18. The molecule has 1 aliphatic heterocycles. The molecule has 0 atom stereocenters. The zero-order valence-electron chi connectivity index (χ0n) is 16.2. The van der Waals surface area contributed by atoms with Crippen LogP contribution in [0, 0.1) is 19.7 Å². The first kappa shape index (κ1) is 20.0. The number of amides is 1. The van der Waals surface area contributed by atoms with Crippen molar-refractivity contribution in [3.05, 3.63) is 64.3 Å². The summed E-state index contributed by atoms with van der Waals surface area (Å²) in [6.07, 6.45) is 0. The minimum Gasteiger partial charge on any atom is -0.335 e. The molecule has 1 fully saturated rings. The van der Waals surface area contributed by atoms with Crippen LogP contribution in [0.25, 0.3) is 10.1 Å². The number of sulfonamides is 1. The van der Waals surface area contributed by atoms with Crippen molar-refractivity contribution in [1.29, 1.82) is 0 Å². The highest BCUT2D eigenvalue weighted by molar-refractivity contribution is 7.89. The third kappa shape index (κ3) is 3.80. The Morgan fingerprint density at radius 3 is 2.45 bits per heavy atom. The summed E-state index contributed by atoms with van der Waals surface area (Å²) >= 11 is 1.26. The number of hydrogen-bond donors (Lipinski definition) is 0. The van der Waals surface area contributed by atoms with Gasteiger partial charge in [0.1, 0.15) is 5.82 Å². The normalized spacial score (nSPS) is 15.8. The maximum atomic E-state index is 13.4. The third-order valence-electron chi connectivity index (χ3n) is 5.18. The second-order valence-electron chi connectivity index (χ2n) is 7.26. The van der Waals surface area contributed by atoms with Gasteiger partial charge < -0.3 is 4.90 Å². The molecule has 0 radical (unpaired) electrons. The summed E-state index contributed by atoms with van der Waals surface area (Å²) < 4.78 is 41.7. The lowest BCUT2D eigenvalue weighted by molar-refractivity contribution is 0.0703. The van der Waals surface area contributed by atoms with Crippen molar-refractivity contribution in [2.45, 2.75) is 18.7 Å². The number of benzene rings is 2. The molecular weight excluding hydrogens is 411 g/mol. The summed E-state index contributed by atoms with van der Waals surface area (Å²) in [6.45, 7) is 4.81. The Morgan fingerprint density at radius 2 is 1.72 bits per heavy atom. The van der Waals surface area contributed by atoms with Crippen molar-refractivity contribution in [2.75, 3.05) is 26.2 Å². The smallest absolute Gasteiger partial charge is 0.264 e. The number of rotatable bonds is 3. The van der Waals surface area contributed by atoms with E-state index in [0.29, 0.717) is 28.4 Å². The Hall–Kier alpha value is -2.29. The van der Waals surface area contributed by atoms with E-state index in [2.05, 4.69) is 0 Å². The first-order valence-electron chi connectivity index (χ1n) is 9.31. The standard InChI is InChI=1S/C21H21FN2O3S2/c1-14-3-4-15(2)20(11-14)29(26,27)24-9-7-23(8-10-24)21(25)19-12-16-5-6-17(22)13-18(16)28-19/h3-6,11-13H,7-10H2,1-2H3. The summed E-state index contributed by atoms with van der Waals surface area (Å²) in [5, 5.41) is 0.830. The number of carbonyl (C=O) groups excluding carboxylic acids is 1. The average Bonchev–Trinajstić information content (AvgIpc) is 3.12. The molecule has 0 spiro atoms. The fourth-order valence-corrected chi connectivity index (χ4v) is 6.31. The largest absolute Gasteiger partial charge is 0.335 e. The molecule has 2 heterocycles. The number of hydrogen-bond acceptors (Lipinski definition) is 4. The first-order chi connectivity index (χ1) is 13.8. The van der Waals surface area contributed by atoms with Gasteiger partial charge in [0, 0.05) is 30.9 Å². The molecule has 5 nitrogen and oxygen atoms in total. The molecule has 29 heavy (non-hydrogen) atoms. The summed E-state index contributed by atoms with van der Waals surface area (Å²) in [5.41, 5.74) is 1.61. The number of piperazine rings is 1. The molecule has 0 unspecified atom stereocenters. The van der Waals surface area contributed by atoms with Gasteiger partial charge in [0.05, 0.1) is 9.77 Å². The van der Waals surface area contributed by atoms with Crippen LogP contribution in [0.3, 0.4) is 0 Å². The van der Waals surface area contributed by atoms with Crippen molar-refractivity contribution < 1.29 is 17.6 Å². The molecule has 1 saturated heterocycles. The molecule has 1 amide bonds. The van der Waals surface area contributed by atoms with Crippen molar-refractivity contribution in [3.8, 4) is 0 Å². The van der Waals surface area contributed by atoms with Crippen LogP contribution in [-0.4, -0.2) is 49.7 Å². The molecule has 3 aromatic rings. The zero-order chi connectivity index (χ0) is 20.8. The quantitative estimate of drug-likeness (QED) is 0.633. The lowest BCUT2D eigenvalue weighted by Crippen LogP contribution is -2.50. The summed E-state index contributed by atoms with van der Waals surface area (Å²) in [6, 6.07) is 11.6. The van der Waals surface area contributed by atoms with Gasteiger partial charge in [-0.3, -0.25) is 4.79 Å². The fraction of sp³-hybridized carbons (Fsp3) is 0.286. The van der Waals surface area contributed by atoms with Gasteiger partial charge in [-0.1, -0.05) is 18.2 Å².